The zero-order chi connectivity index (χ0) is 16.6. The van der Waals surface area contributed by atoms with E-state index in [-0.39, 0.29) is 6.04 Å². The second-order valence-electron chi connectivity index (χ2n) is 5.90. The number of amides is 2. The van der Waals surface area contributed by atoms with E-state index >= 15 is 0 Å². The predicted molar refractivity (Wildman–Crippen MR) is 91.3 cm³/mol. The van der Waals surface area contributed by atoms with Crippen LogP contribution in [-0.4, -0.2) is 17.9 Å². The van der Waals surface area contributed by atoms with Gasteiger partial charge in [-0.2, -0.15) is 0 Å². The average molecular weight is 309 g/mol. The van der Waals surface area contributed by atoms with Gasteiger partial charge >= 0.3 is 11.8 Å². The highest BCUT2D eigenvalue weighted by Crippen LogP contribution is 2.32. The van der Waals surface area contributed by atoms with E-state index in [0.717, 1.165) is 23.2 Å². The van der Waals surface area contributed by atoms with Crippen molar-refractivity contribution in [3.05, 3.63) is 53.6 Å². The summed E-state index contributed by atoms with van der Waals surface area (Å²) in [7, 11) is 0. The van der Waals surface area contributed by atoms with Crippen molar-refractivity contribution < 1.29 is 9.59 Å². The number of benzene rings is 2. The molecule has 0 fully saturated rings. The van der Waals surface area contributed by atoms with E-state index in [2.05, 4.69) is 5.32 Å². The molecule has 3 N–H and O–H groups in total. The van der Waals surface area contributed by atoms with E-state index < -0.39 is 11.8 Å². The number of fused-ring (bicyclic) bond motifs is 1. The number of carbonyl (C=O) groups excluding carboxylic acids is 2. The molecule has 1 unspecified atom stereocenters. The van der Waals surface area contributed by atoms with Gasteiger partial charge < -0.3 is 16.0 Å². The van der Waals surface area contributed by atoms with E-state index in [1.165, 1.54) is 0 Å². The van der Waals surface area contributed by atoms with Crippen LogP contribution in [0.2, 0.25) is 0 Å². The summed E-state index contributed by atoms with van der Waals surface area (Å²) in [5, 5.41) is 2.61. The van der Waals surface area contributed by atoms with Crippen LogP contribution in [0.4, 0.5) is 17.1 Å². The van der Waals surface area contributed by atoms with E-state index in [4.69, 9.17) is 5.73 Å². The third kappa shape index (κ3) is 2.77. The maximum absolute atomic E-state index is 12.6. The summed E-state index contributed by atoms with van der Waals surface area (Å²) in [4.78, 5) is 26.5. The summed E-state index contributed by atoms with van der Waals surface area (Å²) in [5.41, 5.74) is 9.66. The van der Waals surface area contributed by atoms with Gasteiger partial charge in [0.25, 0.3) is 0 Å². The Balaban J connectivity index is 1.82. The van der Waals surface area contributed by atoms with Crippen molar-refractivity contribution in [1.82, 2.24) is 0 Å². The number of hydrogen-bond acceptors (Lipinski definition) is 3. The molecule has 2 aromatic carbocycles. The lowest BCUT2D eigenvalue weighted by molar-refractivity contribution is -0.134. The van der Waals surface area contributed by atoms with Crippen LogP contribution >= 0.6 is 0 Å². The summed E-state index contributed by atoms with van der Waals surface area (Å²) in [6.45, 7) is 3.85. The Morgan fingerprint density at radius 2 is 1.96 bits per heavy atom. The van der Waals surface area contributed by atoms with Gasteiger partial charge in [0.1, 0.15) is 0 Å². The summed E-state index contributed by atoms with van der Waals surface area (Å²) < 4.78 is 0. The fourth-order valence-corrected chi connectivity index (χ4v) is 2.96. The van der Waals surface area contributed by atoms with Gasteiger partial charge in [-0.25, -0.2) is 0 Å². The molecule has 0 bridgehead atoms. The van der Waals surface area contributed by atoms with Crippen LogP contribution in [0.25, 0.3) is 0 Å². The van der Waals surface area contributed by atoms with Crippen LogP contribution in [0.5, 0.6) is 0 Å². The highest BCUT2D eigenvalue weighted by Gasteiger charge is 2.34. The Hall–Kier alpha value is -2.82. The van der Waals surface area contributed by atoms with Crippen LogP contribution in [0.15, 0.2) is 42.5 Å². The molecule has 1 aliphatic rings. The molecule has 2 amide bonds. The van der Waals surface area contributed by atoms with Gasteiger partial charge in [-0.15, -0.1) is 0 Å². The number of rotatable bonds is 1. The number of nitrogens with one attached hydrogen (secondary N) is 1. The van der Waals surface area contributed by atoms with Crippen LogP contribution in [0.3, 0.4) is 0 Å². The topological polar surface area (TPSA) is 75.4 Å². The molecule has 5 nitrogen and oxygen atoms in total. The molecular weight excluding hydrogens is 290 g/mol. The Morgan fingerprint density at radius 3 is 2.70 bits per heavy atom. The van der Waals surface area contributed by atoms with Gasteiger partial charge in [-0.05, 0) is 49.6 Å². The zero-order valence-electron chi connectivity index (χ0n) is 13.2. The van der Waals surface area contributed by atoms with Gasteiger partial charge in [0, 0.05) is 11.7 Å². The maximum atomic E-state index is 12.6. The number of aryl methyl sites for hydroxylation is 1. The zero-order valence-corrected chi connectivity index (χ0v) is 13.2. The van der Waals surface area contributed by atoms with E-state index in [1.807, 2.05) is 44.2 Å². The maximum Gasteiger partial charge on any atom is 0.316 e. The number of hydrogen-bond donors (Lipinski definition) is 2. The van der Waals surface area contributed by atoms with Crippen LogP contribution < -0.4 is 16.0 Å². The molecule has 0 aliphatic carbocycles. The second-order valence-corrected chi connectivity index (χ2v) is 5.90. The highest BCUT2D eigenvalue weighted by atomic mass is 16.2. The number of anilines is 3. The van der Waals surface area contributed by atoms with Crippen LogP contribution in [0.1, 0.15) is 18.1 Å². The number of nitrogen functional groups attached to an aromatic ring is 1. The van der Waals surface area contributed by atoms with Crippen molar-refractivity contribution in [2.24, 2.45) is 0 Å². The first-order valence-corrected chi connectivity index (χ1v) is 7.56. The lowest BCUT2D eigenvalue weighted by Gasteiger charge is -2.22. The van der Waals surface area contributed by atoms with Crippen molar-refractivity contribution in [3.63, 3.8) is 0 Å². The Labute approximate surface area is 135 Å². The molecule has 3 rings (SSSR count). The average Bonchev–Trinajstić information content (AvgIpc) is 2.85. The summed E-state index contributed by atoms with van der Waals surface area (Å²) in [5.74, 6) is -1.24. The second kappa shape index (κ2) is 5.76. The first-order chi connectivity index (χ1) is 11.0. The van der Waals surface area contributed by atoms with E-state index in [1.54, 1.807) is 17.0 Å². The SMILES string of the molecule is Cc1ccc(NC(=O)C(=O)N2c3ccccc3CC2C)c(N)c1. The molecule has 1 aliphatic heterocycles. The van der Waals surface area contributed by atoms with Crippen LogP contribution in [-0.2, 0) is 16.0 Å². The number of nitrogens with two attached hydrogens (primary N) is 1. The standard InChI is InChI=1S/C18H19N3O2/c1-11-7-8-15(14(19)9-11)20-17(22)18(23)21-12(2)10-13-5-3-4-6-16(13)21/h3-9,12H,10,19H2,1-2H3,(H,20,22). The monoisotopic (exact) mass is 309 g/mol. The molecule has 0 aromatic heterocycles. The molecule has 23 heavy (non-hydrogen) atoms. The van der Waals surface area contributed by atoms with Gasteiger partial charge in [0.05, 0.1) is 11.4 Å². The molecule has 0 radical (unpaired) electrons. The Bertz CT molecular complexity index is 786. The van der Waals surface area contributed by atoms with E-state index in [0.29, 0.717) is 11.4 Å². The fraction of sp³-hybridized carbons (Fsp3) is 0.222. The predicted octanol–water partition coefficient (Wildman–Crippen LogP) is 2.49. The Kier molecular flexibility index (Phi) is 3.78. The molecule has 2 aromatic rings. The largest absolute Gasteiger partial charge is 0.397 e. The molecule has 118 valence electrons. The van der Waals surface area contributed by atoms with Gasteiger partial charge in [-0.3, -0.25) is 9.59 Å². The van der Waals surface area contributed by atoms with Gasteiger partial charge in [0.2, 0.25) is 0 Å². The molecule has 0 saturated heterocycles. The molecule has 1 heterocycles. The third-order valence-electron chi connectivity index (χ3n) is 4.08. The van der Waals surface area contributed by atoms with Crippen molar-refractivity contribution in [3.8, 4) is 0 Å². The van der Waals surface area contributed by atoms with Crippen LogP contribution in [0, 0.1) is 6.92 Å². The summed E-state index contributed by atoms with van der Waals surface area (Å²) in [6, 6.07) is 12.9. The minimum absolute atomic E-state index is 0.0407. The third-order valence-corrected chi connectivity index (χ3v) is 4.08. The van der Waals surface area contributed by atoms with E-state index in [9.17, 15) is 9.59 Å². The van der Waals surface area contributed by atoms with Crippen molar-refractivity contribution in [2.45, 2.75) is 26.3 Å². The molecule has 1 atom stereocenters. The van der Waals surface area contributed by atoms with Crippen molar-refractivity contribution in [2.75, 3.05) is 16.0 Å². The number of carbonyl (C=O) groups is 2. The minimum atomic E-state index is -0.677. The number of para-hydroxylation sites is 1. The minimum Gasteiger partial charge on any atom is -0.397 e. The molecular formula is C18H19N3O2. The first kappa shape index (κ1) is 15.1. The summed E-state index contributed by atoms with van der Waals surface area (Å²) in [6.07, 6.45) is 0.752. The quantitative estimate of drug-likeness (QED) is 0.628. The highest BCUT2D eigenvalue weighted by molar-refractivity contribution is 6.44. The molecule has 5 heteroatoms. The molecule has 0 saturated carbocycles. The van der Waals surface area contributed by atoms with Crippen molar-refractivity contribution >= 4 is 28.9 Å². The van der Waals surface area contributed by atoms with Gasteiger partial charge in [0.15, 0.2) is 0 Å². The van der Waals surface area contributed by atoms with Gasteiger partial charge in [-0.1, -0.05) is 24.3 Å². The van der Waals surface area contributed by atoms with Crippen molar-refractivity contribution in [1.29, 1.82) is 0 Å². The summed E-state index contributed by atoms with van der Waals surface area (Å²) >= 11 is 0. The lowest BCUT2D eigenvalue weighted by atomic mass is 10.1. The smallest absolute Gasteiger partial charge is 0.316 e. The Morgan fingerprint density at radius 1 is 1.22 bits per heavy atom. The first-order valence-electron chi connectivity index (χ1n) is 7.56. The lowest BCUT2D eigenvalue weighted by Crippen LogP contribution is -2.43. The number of nitrogens with zero attached hydrogens (tertiary/aromatic N) is 1. The molecule has 0 spiro atoms. The normalized spacial score (nSPS) is 16.1. The fourth-order valence-electron chi connectivity index (χ4n) is 2.96.